The average Bonchev–Trinajstić information content (AvgIpc) is 3.26. The number of nitrogens with one attached hydrogen (secondary N) is 3. The fourth-order valence-electron chi connectivity index (χ4n) is 3.84. The third-order valence-electron chi connectivity index (χ3n) is 5.08. The highest BCUT2D eigenvalue weighted by Crippen LogP contribution is 2.37. The second kappa shape index (κ2) is 5.95. The summed E-state index contributed by atoms with van der Waals surface area (Å²) >= 11 is 0. The zero-order valence-corrected chi connectivity index (χ0v) is 14.0. The van der Waals surface area contributed by atoms with Crippen molar-refractivity contribution in [2.24, 2.45) is 0 Å². The van der Waals surface area contributed by atoms with E-state index < -0.39 is 6.23 Å². The third-order valence-corrected chi connectivity index (χ3v) is 5.08. The summed E-state index contributed by atoms with van der Waals surface area (Å²) < 4.78 is 14.7. The minimum Gasteiger partial charge on any atom is -0.390 e. The molecular weight excluding hydrogens is 333 g/mol. The minimum atomic E-state index is -0.899. The van der Waals surface area contributed by atoms with E-state index in [1.54, 1.807) is 6.07 Å². The lowest BCUT2D eigenvalue weighted by Gasteiger charge is -2.10. The molecule has 2 aromatic carbocycles. The number of aromatic nitrogens is 1. The quantitative estimate of drug-likeness (QED) is 0.572. The van der Waals surface area contributed by atoms with Crippen LogP contribution in [0.3, 0.4) is 0 Å². The van der Waals surface area contributed by atoms with Crippen molar-refractivity contribution in [1.29, 1.82) is 0 Å². The topological polar surface area (TPSA) is 69.3 Å². The van der Waals surface area contributed by atoms with Crippen LogP contribution in [0, 0.1) is 5.82 Å². The Labute approximate surface area is 149 Å². The minimum absolute atomic E-state index is 0.240. The van der Waals surface area contributed by atoms with E-state index in [9.17, 15) is 9.50 Å². The summed E-state index contributed by atoms with van der Waals surface area (Å²) in [4.78, 5) is 8.77. The monoisotopic (exact) mass is 351 g/mol. The molecule has 2 aliphatic heterocycles. The Balaban J connectivity index is 1.66. The summed E-state index contributed by atoms with van der Waals surface area (Å²) in [6, 6.07) is 11.0. The number of aromatic amines is 1. The fraction of sp³-hybridized carbons (Fsp3) is 0.200. The molecule has 0 aliphatic carbocycles. The lowest BCUT2D eigenvalue weighted by Crippen LogP contribution is -2.19. The number of rotatable bonds is 2. The molecule has 26 heavy (non-hydrogen) atoms. The van der Waals surface area contributed by atoms with Gasteiger partial charge in [0, 0.05) is 45.9 Å². The van der Waals surface area contributed by atoms with Crippen molar-refractivity contribution in [2.45, 2.75) is 19.3 Å². The first kappa shape index (κ1) is 15.6. The van der Waals surface area contributed by atoms with Gasteiger partial charge in [0.05, 0.1) is 12.3 Å². The van der Waals surface area contributed by atoms with Gasteiger partial charge in [0.15, 0.2) is 6.23 Å². The predicted molar refractivity (Wildman–Crippen MR) is 97.2 cm³/mol. The van der Waals surface area contributed by atoms with Crippen molar-refractivity contribution in [2.75, 3.05) is 6.54 Å². The predicted octanol–water partition coefficient (Wildman–Crippen LogP) is 3.33. The van der Waals surface area contributed by atoms with E-state index in [1.807, 2.05) is 36.5 Å². The van der Waals surface area contributed by atoms with Gasteiger partial charge in [-0.15, -0.1) is 0 Å². The van der Waals surface area contributed by atoms with Crippen LogP contribution in [-0.4, -0.2) is 16.6 Å². The van der Waals surface area contributed by atoms with Crippen LogP contribution in [0.15, 0.2) is 42.6 Å². The van der Waals surface area contributed by atoms with Gasteiger partial charge in [-0.2, -0.15) is 5.48 Å². The Bertz CT molecular complexity index is 1040. The van der Waals surface area contributed by atoms with Crippen molar-refractivity contribution >= 4 is 16.5 Å². The number of hydrogen-bond donors (Lipinski definition) is 4. The van der Waals surface area contributed by atoms with Gasteiger partial charge in [0.25, 0.3) is 0 Å². The van der Waals surface area contributed by atoms with Gasteiger partial charge in [0.2, 0.25) is 0 Å². The van der Waals surface area contributed by atoms with Crippen molar-refractivity contribution < 1.29 is 14.3 Å². The van der Waals surface area contributed by atoms with E-state index >= 15 is 0 Å². The Hall–Kier alpha value is -2.67. The molecule has 0 radical (unpaired) electrons. The van der Waals surface area contributed by atoms with Crippen LogP contribution in [0.1, 0.15) is 29.3 Å². The van der Waals surface area contributed by atoms with E-state index in [4.69, 9.17) is 4.84 Å². The van der Waals surface area contributed by atoms with E-state index in [2.05, 4.69) is 15.8 Å². The van der Waals surface area contributed by atoms with Gasteiger partial charge in [-0.3, -0.25) is 4.84 Å². The molecule has 2 aliphatic rings. The van der Waals surface area contributed by atoms with Crippen LogP contribution in [-0.2, 0) is 11.4 Å². The van der Waals surface area contributed by atoms with Crippen LogP contribution < -0.4 is 10.8 Å². The van der Waals surface area contributed by atoms with Gasteiger partial charge in [-0.1, -0.05) is 24.3 Å². The molecule has 0 amide bonds. The number of H-pyrrole nitrogens is 1. The van der Waals surface area contributed by atoms with Gasteiger partial charge >= 0.3 is 0 Å². The maximum Gasteiger partial charge on any atom is 0.153 e. The van der Waals surface area contributed by atoms with Crippen LogP contribution >= 0.6 is 0 Å². The smallest absolute Gasteiger partial charge is 0.153 e. The molecule has 3 aromatic rings. The largest absolute Gasteiger partial charge is 0.390 e. The molecule has 3 heterocycles. The number of hydroxylamine groups is 1. The maximum atomic E-state index is 14.7. The number of aliphatic hydroxyl groups is 1. The van der Waals surface area contributed by atoms with Gasteiger partial charge in [-0.25, -0.2) is 4.39 Å². The Morgan fingerprint density at radius 3 is 2.92 bits per heavy atom. The summed E-state index contributed by atoms with van der Waals surface area (Å²) in [5.41, 5.74) is 8.37. The van der Waals surface area contributed by atoms with E-state index in [0.29, 0.717) is 5.56 Å². The molecule has 6 heteroatoms. The van der Waals surface area contributed by atoms with Crippen molar-refractivity contribution in [3.05, 3.63) is 65.1 Å². The first-order valence-electron chi connectivity index (χ1n) is 8.64. The summed E-state index contributed by atoms with van der Waals surface area (Å²) in [6.07, 6.45) is 1.81. The lowest BCUT2D eigenvalue weighted by atomic mass is 9.98. The van der Waals surface area contributed by atoms with Gasteiger partial charge in [-0.05, 0) is 24.1 Å². The Morgan fingerprint density at radius 1 is 1.19 bits per heavy atom. The van der Waals surface area contributed by atoms with Crippen molar-refractivity contribution in [1.82, 2.24) is 15.8 Å². The summed E-state index contributed by atoms with van der Waals surface area (Å²) in [7, 11) is 0. The molecule has 1 aromatic heterocycles. The lowest BCUT2D eigenvalue weighted by molar-refractivity contribution is -0.0631. The summed E-state index contributed by atoms with van der Waals surface area (Å²) in [6.45, 7) is 1.12. The SMILES string of the molecule is OC1NOCc2c(-c3ccc(C4=CNCC4)c(F)c3)[nH]c3cccc1c23. The molecule has 0 bridgehead atoms. The van der Waals surface area contributed by atoms with Gasteiger partial charge in [0.1, 0.15) is 5.82 Å². The standard InChI is InChI=1S/C20H18FN3O2/c21-16-8-11(4-5-13(16)12-6-7-22-9-12)19-15-10-26-24-20(25)14-2-1-3-17(23-19)18(14)15/h1-5,8-9,20,22-25H,6-7,10H2. The molecule has 0 spiro atoms. The Kier molecular flexibility index (Phi) is 3.56. The summed E-state index contributed by atoms with van der Waals surface area (Å²) in [5.74, 6) is -0.240. The second-order valence-electron chi connectivity index (χ2n) is 6.63. The molecular formula is C20H18FN3O2. The molecule has 132 valence electrons. The average molecular weight is 351 g/mol. The molecule has 1 atom stereocenters. The first-order valence-corrected chi connectivity index (χ1v) is 8.64. The number of benzene rings is 2. The van der Waals surface area contributed by atoms with Crippen LogP contribution in [0.5, 0.6) is 0 Å². The van der Waals surface area contributed by atoms with Crippen molar-refractivity contribution in [3.8, 4) is 11.3 Å². The number of halogens is 1. The van der Waals surface area contributed by atoms with E-state index in [1.165, 1.54) is 0 Å². The first-order chi connectivity index (χ1) is 12.7. The van der Waals surface area contributed by atoms with Crippen molar-refractivity contribution in [3.63, 3.8) is 0 Å². The fourth-order valence-corrected chi connectivity index (χ4v) is 3.84. The third kappa shape index (κ3) is 2.34. The molecule has 0 saturated heterocycles. The molecule has 4 N–H and O–H groups in total. The number of aliphatic hydroxyl groups excluding tert-OH is 1. The number of hydrogen-bond acceptors (Lipinski definition) is 4. The molecule has 0 saturated carbocycles. The van der Waals surface area contributed by atoms with Crippen LogP contribution in [0.2, 0.25) is 0 Å². The molecule has 5 nitrogen and oxygen atoms in total. The van der Waals surface area contributed by atoms with Gasteiger partial charge < -0.3 is 15.4 Å². The highest BCUT2D eigenvalue weighted by atomic mass is 19.1. The highest BCUT2D eigenvalue weighted by molar-refractivity contribution is 5.93. The zero-order chi connectivity index (χ0) is 17.7. The normalized spacial score (nSPS) is 19.3. The maximum absolute atomic E-state index is 14.7. The summed E-state index contributed by atoms with van der Waals surface area (Å²) in [5, 5.41) is 14.3. The zero-order valence-electron chi connectivity index (χ0n) is 14.0. The van der Waals surface area contributed by atoms with Crippen LogP contribution in [0.25, 0.3) is 27.7 Å². The Morgan fingerprint density at radius 2 is 2.12 bits per heavy atom. The highest BCUT2D eigenvalue weighted by Gasteiger charge is 2.23. The van der Waals surface area contributed by atoms with Crippen LogP contribution in [0.4, 0.5) is 4.39 Å². The molecule has 0 fully saturated rings. The van der Waals surface area contributed by atoms with E-state index in [-0.39, 0.29) is 12.4 Å². The molecule has 5 rings (SSSR count). The molecule has 1 unspecified atom stereocenters. The second-order valence-corrected chi connectivity index (χ2v) is 6.63. The van der Waals surface area contributed by atoms with E-state index in [0.717, 1.165) is 51.8 Å².